The second-order valence-electron chi connectivity index (χ2n) is 22.6. The van der Waals surface area contributed by atoms with Gasteiger partial charge in [0, 0.05) is 12.1 Å². The molecule has 4 bridgehead atoms. The smallest absolute Gasteiger partial charge is 0.407 e. The van der Waals surface area contributed by atoms with Gasteiger partial charge >= 0.3 is 12.2 Å². The zero-order valence-corrected chi connectivity index (χ0v) is 43.8. The third-order valence-electron chi connectivity index (χ3n) is 17.4. The Labute approximate surface area is 434 Å². The number of H-pyrrole nitrogens is 2. The normalized spacial score (nSPS) is 23.4. The molecule has 6 aliphatic carbocycles. The van der Waals surface area contributed by atoms with Gasteiger partial charge in [-0.1, -0.05) is 102 Å². The Balaban J connectivity index is 0.849. The first-order valence-electron chi connectivity index (χ1n) is 27.4. The number of hydrogen-bond donors (Lipinski definition) is 4. The van der Waals surface area contributed by atoms with Gasteiger partial charge in [0.1, 0.15) is 23.7 Å². The Hall–Kier alpha value is -6.70. The number of nitrogens with one attached hydrogen (secondary N) is 4. The maximum atomic E-state index is 14.5. The number of alkyl carbamates (subject to hydrolysis) is 2. The predicted molar refractivity (Wildman–Crippen MR) is 286 cm³/mol. The number of amides is 4. The van der Waals surface area contributed by atoms with Crippen molar-refractivity contribution in [2.24, 2.45) is 23.7 Å². The monoisotopic (exact) mass is 1000 g/mol. The van der Waals surface area contributed by atoms with Crippen LogP contribution >= 0.6 is 0 Å². The van der Waals surface area contributed by atoms with Crippen LogP contribution in [0.2, 0.25) is 0 Å². The van der Waals surface area contributed by atoms with E-state index in [1.54, 1.807) is 0 Å². The lowest BCUT2D eigenvalue weighted by Crippen LogP contribution is -2.53. The number of methoxy groups -OCH3 is 2. The van der Waals surface area contributed by atoms with Crippen LogP contribution in [0.4, 0.5) is 9.59 Å². The number of nitrogens with zero attached hydrogens (tertiary/aromatic N) is 4. The first-order valence-corrected chi connectivity index (χ1v) is 27.4. The Morgan fingerprint density at radius 2 is 0.973 bits per heavy atom. The number of aromatic amines is 2. The van der Waals surface area contributed by atoms with Crippen LogP contribution in [0.3, 0.4) is 0 Å². The van der Waals surface area contributed by atoms with E-state index in [2.05, 4.69) is 103 Å². The number of fused-ring (bicyclic) bond motifs is 4. The molecule has 4 amide bonds. The molecule has 14 heteroatoms. The lowest BCUT2D eigenvalue weighted by molar-refractivity contribution is -0.139. The summed E-state index contributed by atoms with van der Waals surface area (Å²) in [6, 6.07) is 25.5. The second kappa shape index (κ2) is 20.5. The highest BCUT2D eigenvalue weighted by molar-refractivity contribution is 5.89. The third kappa shape index (κ3) is 9.42. The summed E-state index contributed by atoms with van der Waals surface area (Å²) in [4.78, 5) is 75.7. The van der Waals surface area contributed by atoms with E-state index in [0.717, 1.165) is 135 Å². The number of carbonyl (C=O) groups excluding carboxylic acids is 4. The van der Waals surface area contributed by atoms with Gasteiger partial charge in [0.2, 0.25) is 11.8 Å². The maximum absolute atomic E-state index is 14.5. The van der Waals surface area contributed by atoms with Gasteiger partial charge in [0.05, 0.1) is 48.4 Å². The zero-order chi connectivity index (χ0) is 51.4. The van der Waals surface area contributed by atoms with Gasteiger partial charge in [-0.05, 0) is 157 Å². The molecule has 6 aromatic rings. The number of aromatic nitrogens is 4. The van der Waals surface area contributed by atoms with Crippen LogP contribution in [0.1, 0.15) is 138 Å². The summed E-state index contributed by atoms with van der Waals surface area (Å²) in [6.07, 6.45) is 12.6. The van der Waals surface area contributed by atoms with E-state index in [-0.39, 0.29) is 47.8 Å². The first-order chi connectivity index (χ1) is 35.8. The van der Waals surface area contributed by atoms with E-state index in [0.29, 0.717) is 11.8 Å². The lowest BCUT2D eigenvalue weighted by Gasteiger charge is -2.36. The van der Waals surface area contributed by atoms with Crippen LogP contribution in [-0.4, -0.2) is 92.1 Å². The summed E-state index contributed by atoms with van der Waals surface area (Å²) in [5.74, 6) is 2.04. The Morgan fingerprint density at radius 1 is 0.554 bits per heavy atom. The fourth-order valence-corrected chi connectivity index (χ4v) is 13.6. The topological polar surface area (TPSA) is 175 Å². The highest BCUT2D eigenvalue weighted by Gasteiger charge is 2.50. The van der Waals surface area contributed by atoms with Crippen molar-refractivity contribution >= 4 is 46.1 Å². The largest absolute Gasteiger partial charge is 0.453 e. The fourth-order valence-electron chi connectivity index (χ4n) is 13.6. The number of rotatable bonds is 10. The average molecular weight is 1000 g/mol. The van der Waals surface area contributed by atoms with E-state index in [1.807, 2.05) is 27.7 Å². The van der Waals surface area contributed by atoms with Crippen molar-refractivity contribution in [3.8, 4) is 22.3 Å². The highest BCUT2D eigenvalue weighted by Crippen LogP contribution is 2.48. The Bertz CT molecular complexity index is 2900. The van der Waals surface area contributed by atoms with Crippen LogP contribution in [0.25, 0.3) is 44.3 Å². The summed E-state index contributed by atoms with van der Waals surface area (Å²) in [7, 11) is 2.66. The predicted octanol–water partition coefficient (Wildman–Crippen LogP) is 11.1. The Kier molecular flexibility index (Phi) is 13.7. The molecule has 8 aliphatic rings. The van der Waals surface area contributed by atoms with Crippen LogP contribution in [0.15, 0.2) is 72.8 Å². The van der Waals surface area contributed by atoms with Crippen molar-refractivity contribution in [3.63, 3.8) is 0 Å². The number of imidazole rings is 2. The number of benzene rings is 4. The van der Waals surface area contributed by atoms with Crippen molar-refractivity contribution < 1.29 is 28.7 Å². The molecule has 388 valence electrons. The van der Waals surface area contributed by atoms with E-state index >= 15 is 0 Å². The first kappa shape index (κ1) is 49.5. The minimum atomic E-state index is -0.694. The molecule has 14 nitrogen and oxygen atoms in total. The molecule has 8 atom stereocenters. The van der Waals surface area contributed by atoms with Crippen LogP contribution in [0, 0.1) is 23.7 Å². The Morgan fingerprint density at radius 3 is 1.38 bits per heavy atom. The fraction of sp³-hybridized carbons (Fsp3) is 0.500. The molecule has 0 unspecified atom stereocenters. The van der Waals surface area contributed by atoms with Gasteiger partial charge in [0.15, 0.2) is 0 Å². The molecule has 2 aliphatic heterocycles. The number of ether oxygens (including phenoxy) is 2. The summed E-state index contributed by atoms with van der Waals surface area (Å²) >= 11 is 0. The number of aryl methyl sites for hydroxylation is 4. The van der Waals surface area contributed by atoms with Crippen LogP contribution in [-0.2, 0) is 44.7 Å². The molecule has 4 heterocycles. The SMILES string of the molecule is COC(=O)N[C@@H](C(=O)N1[C@H](c2nc3ccc(-c4cc5ccc4CCc4ccc(c(-c6ccc7nc([C@@H]8C[C@@H]9CCCC[C@@H]9N8C(=O)[C@H](NC(=O)OC)C(C)C)[nH]c7c6)c4)CC5)cc3[nH]2)C[C@@H]2CCCC[C@@H]21)C(C)C. The van der Waals surface area contributed by atoms with E-state index < -0.39 is 24.3 Å². The van der Waals surface area contributed by atoms with Gasteiger partial charge in [-0.3, -0.25) is 9.59 Å². The quantitative estimate of drug-likeness (QED) is 0.105. The molecule has 2 aromatic heterocycles. The molecule has 2 saturated heterocycles. The zero-order valence-electron chi connectivity index (χ0n) is 43.8. The van der Waals surface area contributed by atoms with Gasteiger partial charge in [0.25, 0.3) is 0 Å². The minimum absolute atomic E-state index is 0.0671. The highest BCUT2D eigenvalue weighted by atomic mass is 16.5. The van der Waals surface area contributed by atoms with Crippen molar-refractivity contribution in [2.75, 3.05) is 14.2 Å². The van der Waals surface area contributed by atoms with Crippen molar-refractivity contribution in [2.45, 2.75) is 154 Å². The number of carbonyl (C=O) groups is 4. The third-order valence-corrected chi connectivity index (χ3v) is 17.4. The second-order valence-corrected chi connectivity index (χ2v) is 22.6. The van der Waals surface area contributed by atoms with Gasteiger partial charge in [-0.15, -0.1) is 0 Å². The molecule has 0 spiro atoms. The number of hydrogen-bond acceptors (Lipinski definition) is 8. The molecular formula is C60H72N8O6. The maximum Gasteiger partial charge on any atom is 0.407 e. The number of likely N-dealkylation sites (tertiary alicyclic amines) is 2. The van der Waals surface area contributed by atoms with Crippen LogP contribution < -0.4 is 10.6 Å². The van der Waals surface area contributed by atoms with Gasteiger partial charge in [-0.25, -0.2) is 19.6 Å². The van der Waals surface area contributed by atoms with Crippen molar-refractivity contribution in [1.82, 2.24) is 40.4 Å². The van der Waals surface area contributed by atoms with Gasteiger partial charge in [-0.2, -0.15) is 0 Å². The molecule has 4 aromatic carbocycles. The minimum Gasteiger partial charge on any atom is -0.453 e. The summed E-state index contributed by atoms with van der Waals surface area (Å²) < 4.78 is 9.87. The van der Waals surface area contributed by atoms with E-state index in [1.165, 1.54) is 47.6 Å². The molecule has 4 N–H and O–H groups in total. The standard InChI is InChI=1S/C60H72N8O6/c1-33(2)53(65-59(71)73-5)57(69)67-49-13-9-7-11-41(49)31-51(67)55-61-45-25-23-39(29-47(45)63-55)43-27-35-15-19-37(43)21-17-36-16-20-38(22-18-35)44(28-36)40-24-26-46-48(30-40)64-56(62-46)52-32-42-12-8-10-14-50(42)68(52)58(70)54(34(3)4)66-60(72)74-6/h15-16,19-20,23-30,33-34,41-42,49-54H,7-14,17-18,21-22,31-32H2,1-6H3,(H,61,63)(H,62,64)(H,65,71)(H,66,72)/t41-,42-,49-,50-,51-,52-,53+,54+/m0/s1. The summed E-state index contributed by atoms with van der Waals surface area (Å²) in [5.41, 5.74) is 13.5. The van der Waals surface area contributed by atoms with Crippen LogP contribution in [0.5, 0.6) is 0 Å². The van der Waals surface area contributed by atoms with Crippen molar-refractivity contribution in [1.29, 1.82) is 0 Å². The summed E-state index contributed by atoms with van der Waals surface area (Å²) in [6.45, 7) is 7.85. The molecule has 74 heavy (non-hydrogen) atoms. The van der Waals surface area contributed by atoms with E-state index in [4.69, 9.17) is 19.4 Å². The van der Waals surface area contributed by atoms with Crippen molar-refractivity contribution in [3.05, 3.63) is 107 Å². The lowest BCUT2D eigenvalue weighted by atomic mass is 9.84. The molecule has 0 radical (unpaired) electrons. The molecule has 4 fully saturated rings. The summed E-state index contributed by atoms with van der Waals surface area (Å²) in [5, 5.41) is 5.68. The van der Waals surface area contributed by atoms with E-state index in [9.17, 15) is 19.2 Å². The molecule has 2 saturated carbocycles. The average Bonchev–Trinajstić information content (AvgIpc) is 4.21. The molecule has 14 rings (SSSR count). The molecular weight excluding hydrogens is 929 g/mol. The van der Waals surface area contributed by atoms with Gasteiger partial charge < -0.3 is 39.9 Å².